The molecule has 0 spiro atoms. The molecule has 2 aromatic heterocycles. The minimum absolute atomic E-state index is 0.260. The second kappa shape index (κ2) is 5.90. The molecular weight excluding hydrogens is 367 g/mol. The van der Waals surface area contributed by atoms with Crippen molar-refractivity contribution in [3.8, 4) is 0 Å². The summed E-state index contributed by atoms with van der Waals surface area (Å²) >= 11 is 1.14. The standard InChI is InChI=1S/C16H12F3N5OS/c1-20-13(25)15-23-11-12(21-7-22-14(11)26-15)24-5-4-8-6-9(16(17,18)19)2-3-10(8)24/h2-3,6-7H,4-5H2,1H3,(H,20,25). The molecule has 0 bridgehead atoms. The third kappa shape index (κ3) is 2.66. The van der Waals surface area contributed by atoms with Gasteiger partial charge in [0.1, 0.15) is 16.7 Å². The zero-order chi connectivity index (χ0) is 18.5. The Morgan fingerprint density at radius 2 is 2.12 bits per heavy atom. The van der Waals surface area contributed by atoms with E-state index in [4.69, 9.17) is 0 Å². The Morgan fingerprint density at radius 1 is 1.31 bits per heavy atom. The molecule has 1 aromatic carbocycles. The maximum atomic E-state index is 12.9. The molecule has 0 atom stereocenters. The maximum Gasteiger partial charge on any atom is 0.416 e. The fourth-order valence-corrected chi connectivity index (χ4v) is 3.79. The van der Waals surface area contributed by atoms with Crippen LogP contribution in [0.5, 0.6) is 0 Å². The lowest BCUT2D eigenvalue weighted by Gasteiger charge is -2.18. The Morgan fingerprint density at radius 3 is 2.85 bits per heavy atom. The first-order chi connectivity index (χ1) is 12.4. The Kier molecular flexibility index (Phi) is 3.79. The van der Waals surface area contributed by atoms with Crippen LogP contribution in [0.1, 0.15) is 20.9 Å². The fourth-order valence-electron chi connectivity index (χ4n) is 2.94. The fraction of sp³-hybridized carbons (Fsp3) is 0.250. The van der Waals surface area contributed by atoms with E-state index in [-0.39, 0.29) is 10.9 Å². The average molecular weight is 379 g/mol. The molecule has 1 aliphatic heterocycles. The molecule has 0 saturated carbocycles. The number of carbonyl (C=O) groups excluding carboxylic acids is 1. The molecule has 0 aliphatic carbocycles. The molecule has 3 aromatic rings. The van der Waals surface area contributed by atoms with Gasteiger partial charge < -0.3 is 10.2 Å². The lowest BCUT2D eigenvalue weighted by Crippen LogP contribution is -2.17. The average Bonchev–Trinajstić information content (AvgIpc) is 3.23. The quantitative estimate of drug-likeness (QED) is 0.741. The van der Waals surface area contributed by atoms with E-state index < -0.39 is 11.7 Å². The van der Waals surface area contributed by atoms with Gasteiger partial charge in [-0.1, -0.05) is 11.3 Å². The largest absolute Gasteiger partial charge is 0.416 e. The summed E-state index contributed by atoms with van der Waals surface area (Å²) in [5.41, 5.74) is 1.06. The predicted molar refractivity (Wildman–Crippen MR) is 90.8 cm³/mol. The molecule has 3 heterocycles. The molecule has 134 valence electrons. The topological polar surface area (TPSA) is 71.0 Å². The van der Waals surface area contributed by atoms with Crippen molar-refractivity contribution in [3.63, 3.8) is 0 Å². The van der Waals surface area contributed by atoms with E-state index in [0.29, 0.717) is 40.4 Å². The lowest BCUT2D eigenvalue weighted by molar-refractivity contribution is -0.137. The molecular formula is C16H12F3N5OS. The summed E-state index contributed by atoms with van der Waals surface area (Å²) in [6.07, 6.45) is -2.54. The Labute approximate surface area is 149 Å². The number of carbonyl (C=O) groups is 1. The minimum atomic E-state index is -4.37. The van der Waals surface area contributed by atoms with Gasteiger partial charge in [0.05, 0.1) is 5.56 Å². The number of hydrogen-bond acceptors (Lipinski definition) is 6. The normalized spacial score (nSPS) is 13.9. The number of alkyl halides is 3. The van der Waals surface area contributed by atoms with Gasteiger partial charge in [-0.15, -0.1) is 0 Å². The van der Waals surface area contributed by atoms with Crippen LogP contribution >= 0.6 is 11.3 Å². The van der Waals surface area contributed by atoms with Crippen LogP contribution in [0.4, 0.5) is 24.7 Å². The van der Waals surface area contributed by atoms with E-state index in [0.717, 1.165) is 17.4 Å². The maximum absolute atomic E-state index is 12.9. The molecule has 0 radical (unpaired) electrons. The van der Waals surface area contributed by atoms with E-state index in [2.05, 4.69) is 20.3 Å². The number of anilines is 2. The van der Waals surface area contributed by atoms with Gasteiger partial charge in [0.15, 0.2) is 10.8 Å². The Hall–Kier alpha value is -2.75. The van der Waals surface area contributed by atoms with Gasteiger partial charge in [-0.3, -0.25) is 4.79 Å². The van der Waals surface area contributed by atoms with Gasteiger partial charge in [0.2, 0.25) is 0 Å². The Balaban J connectivity index is 1.79. The van der Waals surface area contributed by atoms with Crippen molar-refractivity contribution in [3.05, 3.63) is 40.7 Å². The Bertz CT molecular complexity index is 1020. The summed E-state index contributed by atoms with van der Waals surface area (Å²) < 4.78 is 38.7. The number of nitrogens with zero attached hydrogens (tertiary/aromatic N) is 4. The highest BCUT2D eigenvalue weighted by atomic mass is 32.1. The van der Waals surface area contributed by atoms with E-state index in [9.17, 15) is 18.0 Å². The molecule has 1 amide bonds. The highest BCUT2D eigenvalue weighted by Crippen LogP contribution is 2.40. The molecule has 1 aliphatic rings. The number of thiazole rings is 1. The van der Waals surface area contributed by atoms with Crippen molar-refractivity contribution in [1.29, 1.82) is 0 Å². The van der Waals surface area contributed by atoms with Crippen molar-refractivity contribution in [2.24, 2.45) is 0 Å². The summed E-state index contributed by atoms with van der Waals surface area (Å²) in [5.74, 6) is 0.163. The molecule has 0 saturated heterocycles. The van der Waals surface area contributed by atoms with Crippen LogP contribution in [0.3, 0.4) is 0 Å². The van der Waals surface area contributed by atoms with Crippen LogP contribution in [0.15, 0.2) is 24.5 Å². The summed E-state index contributed by atoms with van der Waals surface area (Å²) in [5, 5.41) is 2.77. The first-order valence-corrected chi connectivity index (χ1v) is 8.51. The van der Waals surface area contributed by atoms with Crippen LogP contribution in [-0.2, 0) is 12.6 Å². The number of fused-ring (bicyclic) bond motifs is 2. The summed E-state index contributed by atoms with van der Waals surface area (Å²) in [4.78, 5) is 26.9. The van der Waals surface area contributed by atoms with Crippen LogP contribution in [0, 0.1) is 0 Å². The molecule has 1 N–H and O–H groups in total. The molecule has 10 heteroatoms. The van der Waals surface area contributed by atoms with Gasteiger partial charge in [0.25, 0.3) is 5.91 Å². The second-order valence-electron chi connectivity index (χ2n) is 5.69. The number of benzene rings is 1. The molecule has 0 fully saturated rings. The van der Waals surface area contributed by atoms with Crippen molar-refractivity contribution in [1.82, 2.24) is 20.3 Å². The number of amides is 1. The van der Waals surface area contributed by atoms with E-state index >= 15 is 0 Å². The summed E-state index contributed by atoms with van der Waals surface area (Å²) in [7, 11) is 1.51. The lowest BCUT2D eigenvalue weighted by atomic mass is 10.1. The number of halogens is 3. The highest BCUT2D eigenvalue weighted by molar-refractivity contribution is 7.19. The van der Waals surface area contributed by atoms with Crippen molar-refractivity contribution >= 4 is 39.1 Å². The van der Waals surface area contributed by atoms with Crippen molar-refractivity contribution < 1.29 is 18.0 Å². The van der Waals surface area contributed by atoms with E-state index in [1.165, 1.54) is 25.5 Å². The SMILES string of the molecule is CNC(=O)c1nc2c(N3CCc4cc(C(F)(F)F)ccc43)ncnc2s1. The first kappa shape index (κ1) is 16.7. The van der Waals surface area contributed by atoms with Gasteiger partial charge in [-0.2, -0.15) is 13.2 Å². The molecule has 6 nitrogen and oxygen atoms in total. The van der Waals surface area contributed by atoms with E-state index in [1.807, 2.05) is 4.90 Å². The van der Waals surface area contributed by atoms with E-state index in [1.54, 1.807) is 0 Å². The molecule has 0 unspecified atom stereocenters. The minimum Gasteiger partial charge on any atom is -0.353 e. The smallest absolute Gasteiger partial charge is 0.353 e. The zero-order valence-electron chi connectivity index (χ0n) is 13.5. The summed E-state index contributed by atoms with van der Waals surface area (Å²) in [6.45, 7) is 0.482. The van der Waals surface area contributed by atoms with Crippen LogP contribution < -0.4 is 10.2 Å². The van der Waals surface area contributed by atoms with Gasteiger partial charge in [-0.25, -0.2) is 15.0 Å². The number of nitrogens with one attached hydrogen (secondary N) is 1. The number of rotatable bonds is 2. The predicted octanol–water partition coefficient (Wildman–Crippen LogP) is 3.16. The van der Waals surface area contributed by atoms with Crippen molar-refractivity contribution in [2.75, 3.05) is 18.5 Å². The molecule has 26 heavy (non-hydrogen) atoms. The van der Waals surface area contributed by atoms with Crippen LogP contribution in [-0.4, -0.2) is 34.5 Å². The first-order valence-electron chi connectivity index (χ1n) is 7.70. The van der Waals surface area contributed by atoms with Crippen LogP contribution in [0.25, 0.3) is 10.3 Å². The third-order valence-corrected chi connectivity index (χ3v) is 5.12. The van der Waals surface area contributed by atoms with Gasteiger partial charge >= 0.3 is 6.18 Å². The van der Waals surface area contributed by atoms with Gasteiger partial charge in [0, 0.05) is 19.3 Å². The monoisotopic (exact) mass is 379 g/mol. The number of hydrogen-bond donors (Lipinski definition) is 1. The van der Waals surface area contributed by atoms with Crippen molar-refractivity contribution in [2.45, 2.75) is 12.6 Å². The second-order valence-corrected chi connectivity index (χ2v) is 6.67. The van der Waals surface area contributed by atoms with Gasteiger partial charge in [-0.05, 0) is 30.2 Å². The highest BCUT2D eigenvalue weighted by Gasteiger charge is 2.33. The third-order valence-electron chi connectivity index (χ3n) is 4.16. The van der Waals surface area contributed by atoms with Crippen LogP contribution in [0.2, 0.25) is 0 Å². The number of aromatic nitrogens is 3. The molecule has 4 rings (SSSR count). The zero-order valence-corrected chi connectivity index (χ0v) is 14.3. The summed E-state index contributed by atoms with van der Waals surface area (Å²) in [6, 6.07) is 3.68.